The fraction of sp³-hybridized carbons (Fsp3) is 0.300. The van der Waals surface area contributed by atoms with Crippen LogP contribution >= 0.6 is 11.3 Å². The van der Waals surface area contributed by atoms with Crippen molar-refractivity contribution in [1.82, 2.24) is 10.3 Å². The first-order chi connectivity index (χ1) is 6.81. The molecule has 74 valence electrons. The zero-order valence-corrected chi connectivity index (χ0v) is 9.02. The van der Waals surface area contributed by atoms with Crippen molar-refractivity contribution in [3.8, 4) is 10.6 Å². The molecule has 2 aromatic heterocycles. The first-order valence-corrected chi connectivity index (χ1v) is 5.26. The van der Waals surface area contributed by atoms with Crippen molar-refractivity contribution >= 4 is 11.3 Å². The van der Waals surface area contributed by atoms with E-state index in [9.17, 15) is 0 Å². The molecule has 4 heteroatoms. The molecule has 0 aliphatic carbocycles. The van der Waals surface area contributed by atoms with Crippen LogP contribution in [0.15, 0.2) is 22.9 Å². The van der Waals surface area contributed by atoms with Crippen LogP contribution in [0.2, 0.25) is 0 Å². The largest absolute Gasteiger partial charge is 0.469 e. The summed E-state index contributed by atoms with van der Waals surface area (Å²) in [4.78, 5) is 5.60. The van der Waals surface area contributed by atoms with Crippen molar-refractivity contribution in [2.24, 2.45) is 0 Å². The minimum atomic E-state index is 0.870. The fourth-order valence-corrected chi connectivity index (χ4v) is 2.29. The number of hydrogen-bond acceptors (Lipinski definition) is 4. The highest BCUT2D eigenvalue weighted by Crippen LogP contribution is 2.28. The van der Waals surface area contributed by atoms with Gasteiger partial charge in [-0.15, -0.1) is 11.3 Å². The molecule has 2 aromatic rings. The smallest absolute Gasteiger partial charge is 0.127 e. The van der Waals surface area contributed by atoms with Crippen LogP contribution in [0.5, 0.6) is 0 Å². The van der Waals surface area contributed by atoms with Gasteiger partial charge in [0.15, 0.2) is 0 Å². The molecule has 0 bridgehead atoms. The van der Waals surface area contributed by atoms with E-state index in [1.165, 1.54) is 4.88 Å². The lowest BCUT2D eigenvalue weighted by Crippen LogP contribution is -2.02. The van der Waals surface area contributed by atoms with Gasteiger partial charge in [-0.05, 0) is 20.0 Å². The van der Waals surface area contributed by atoms with Gasteiger partial charge in [0.25, 0.3) is 0 Å². The van der Waals surface area contributed by atoms with Crippen molar-refractivity contribution in [1.29, 1.82) is 0 Å². The van der Waals surface area contributed by atoms with Gasteiger partial charge in [0, 0.05) is 17.6 Å². The number of hydrogen-bond donors (Lipinski definition) is 1. The third-order valence-corrected chi connectivity index (χ3v) is 3.02. The van der Waals surface area contributed by atoms with Gasteiger partial charge in [-0.3, -0.25) is 0 Å². The molecule has 0 saturated heterocycles. The van der Waals surface area contributed by atoms with Crippen LogP contribution in [0.3, 0.4) is 0 Å². The predicted molar refractivity (Wildman–Crippen MR) is 57.3 cm³/mol. The SMILES string of the molecule is CNCc1cnc(-c2ccoc2C)s1. The van der Waals surface area contributed by atoms with Gasteiger partial charge >= 0.3 is 0 Å². The van der Waals surface area contributed by atoms with Crippen LogP contribution in [0, 0.1) is 6.92 Å². The summed E-state index contributed by atoms with van der Waals surface area (Å²) in [5, 5.41) is 4.13. The van der Waals surface area contributed by atoms with Gasteiger partial charge in [-0.25, -0.2) is 4.98 Å². The van der Waals surface area contributed by atoms with E-state index in [1.807, 2.05) is 26.2 Å². The van der Waals surface area contributed by atoms with Crippen molar-refractivity contribution < 1.29 is 4.42 Å². The average molecular weight is 208 g/mol. The fourth-order valence-electron chi connectivity index (χ4n) is 1.29. The summed E-state index contributed by atoms with van der Waals surface area (Å²) in [7, 11) is 1.93. The summed E-state index contributed by atoms with van der Waals surface area (Å²) in [5.41, 5.74) is 1.09. The normalized spacial score (nSPS) is 10.7. The van der Waals surface area contributed by atoms with Gasteiger partial charge in [0.1, 0.15) is 10.8 Å². The number of aromatic nitrogens is 1. The predicted octanol–water partition coefficient (Wildman–Crippen LogP) is 2.43. The number of thiazole rings is 1. The van der Waals surface area contributed by atoms with Crippen LogP contribution < -0.4 is 5.32 Å². The molecule has 1 N–H and O–H groups in total. The van der Waals surface area contributed by atoms with E-state index in [2.05, 4.69) is 10.3 Å². The Morgan fingerprint density at radius 3 is 3.07 bits per heavy atom. The Morgan fingerprint density at radius 2 is 2.43 bits per heavy atom. The Balaban J connectivity index is 2.29. The minimum absolute atomic E-state index is 0.870. The van der Waals surface area contributed by atoms with E-state index >= 15 is 0 Å². The quantitative estimate of drug-likeness (QED) is 0.841. The Morgan fingerprint density at radius 1 is 1.57 bits per heavy atom. The van der Waals surface area contributed by atoms with Crippen LogP contribution in [0.25, 0.3) is 10.6 Å². The lowest BCUT2D eigenvalue weighted by Gasteiger charge is -1.92. The summed E-state index contributed by atoms with van der Waals surface area (Å²) >= 11 is 1.70. The second-order valence-electron chi connectivity index (χ2n) is 3.05. The Bertz CT molecular complexity index is 419. The summed E-state index contributed by atoms with van der Waals surface area (Å²) in [6.45, 7) is 2.82. The topological polar surface area (TPSA) is 38.1 Å². The third kappa shape index (κ3) is 1.71. The highest BCUT2D eigenvalue weighted by atomic mass is 32.1. The minimum Gasteiger partial charge on any atom is -0.469 e. The maximum Gasteiger partial charge on any atom is 0.127 e. The summed E-state index contributed by atoms with van der Waals surface area (Å²) in [5.74, 6) is 0.926. The zero-order valence-electron chi connectivity index (χ0n) is 8.20. The van der Waals surface area contributed by atoms with Crippen molar-refractivity contribution in [3.05, 3.63) is 29.2 Å². The van der Waals surface area contributed by atoms with E-state index in [0.717, 1.165) is 22.9 Å². The molecule has 0 spiro atoms. The van der Waals surface area contributed by atoms with Crippen molar-refractivity contribution in [3.63, 3.8) is 0 Å². The van der Waals surface area contributed by atoms with E-state index in [0.29, 0.717) is 0 Å². The van der Waals surface area contributed by atoms with Crippen LogP contribution in [0.4, 0.5) is 0 Å². The summed E-state index contributed by atoms with van der Waals surface area (Å²) < 4.78 is 5.24. The van der Waals surface area contributed by atoms with Gasteiger partial charge in [-0.2, -0.15) is 0 Å². The number of rotatable bonds is 3. The monoisotopic (exact) mass is 208 g/mol. The molecular formula is C10H12N2OS. The number of nitrogens with one attached hydrogen (secondary N) is 1. The van der Waals surface area contributed by atoms with Crippen LogP contribution in [0.1, 0.15) is 10.6 Å². The van der Waals surface area contributed by atoms with Crippen molar-refractivity contribution in [2.75, 3.05) is 7.05 Å². The zero-order chi connectivity index (χ0) is 9.97. The molecule has 3 nitrogen and oxygen atoms in total. The first-order valence-electron chi connectivity index (χ1n) is 4.45. The Kier molecular flexibility index (Phi) is 2.65. The highest BCUT2D eigenvalue weighted by molar-refractivity contribution is 7.15. The van der Waals surface area contributed by atoms with Gasteiger partial charge in [0.05, 0.1) is 11.8 Å². The van der Waals surface area contributed by atoms with E-state index in [-0.39, 0.29) is 0 Å². The second-order valence-corrected chi connectivity index (χ2v) is 4.17. The molecule has 0 aliphatic heterocycles. The van der Waals surface area contributed by atoms with Crippen LogP contribution in [-0.4, -0.2) is 12.0 Å². The molecule has 2 heterocycles. The van der Waals surface area contributed by atoms with E-state index < -0.39 is 0 Å². The standard InChI is InChI=1S/C10H12N2OS/c1-7-9(3-4-13-7)10-12-6-8(14-10)5-11-2/h3-4,6,11H,5H2,1-2H3. The molecular weight excluding hydrogens is 196 g/mol. The first kappa shape index (κ1) is 9.43. The van der Waals surface area contributed by atoms with Crippen LogP contribution in [-0.2, 0) is 6.54 Å². The highest BCUT2D eigenvalue weighted by Gasteiger charge is 2.08. The lowest BCUT2D eigenvalue weighted by atomic mass is 10.3. The third-order valence-electron chi connectivity index (χ3n) is 1.99. The second kappa shape index (κ2) is 3.94. The molecule has 0 aliphatic rings. The number of aryl methyl sites for hydroxylation is 1. The molecule has 0 atom stereocenters. The number of furan rings is 1. The van der Waals surface area contributed by atoms with Crippen molar-refractivity contribution in [2.45, 2.75) is 13.5 Å². The summed E-state index contributed by atoms with van der Waals surface area (Å²) in [6, 6.07) is 1.96. The molecule has 0 saturated carbocycles. The van der Waals surface area contributed by atoms with Gasteiger partial charge in [-0.1, -0.05) is 0 Å². The van der Waals surface area contributed by atoms with Gasteiger partial charge < -0.3 is 9.73 Å². The average Bonchev–Trinajstić information content (AvgIpc) is 2.74. The van der Waals surface area contributed by atoms with E-state index in [1.54, 1.807) is 17.6 Å². The van der Waals surface area contributed by atoms with E-state index in [4.69, 9.17) is 4.42 Å². The maximum absolute atomic E-state index is 5.24. The molecule has 0 fully saturated rings. The molecule has 0 amide bonds. The molecule has 0 unspecified atom stereocenters. The summed E-state index contributed by atoms with van der Waals surface area (Å²) in [6.07, 6.45) is 3.60. The Hall–Kier alpha value is -1.13. The molecule has 14 heavy (non-hydrogen) atoms. The lowest BCUT2D eigenvalue weighted by molar-refractivity contribution is 0.535. The Labute approximate surface area is 86.8 Å². The molecule has 2 rings (SSSR count). The maximum atomic E-state index is 5.24. The molecule has 0 aromatic carbocycles. The molecule has 0 radical (unpaired) electrons. The van der Waals surface area contributed by atoms with Gasteiger partial charge in [0.2, 0.25) is 0 Å². The number of nitrogens with zero attached hydrogens (tertiary/aromatic N) is 1.